The molecule has 6 nitrogen and oxygen atoms in total. The van der Waals surface area contributed by atoms with Gasteiger partial charge in [0, 0.05) is 37.0 Å². The summed E-state index contributed by atoms with van der Waals surface area (Å²) in [6, 6.07) is 5.18. The van der Waals surface area contributed by atoms with Crippen LogP contribution in [0.2, 0.25) is 10.0 Å². The number of carbonyl (C=O) groups excluding carboxylic acids is 2. The molecule has 1 fully saturated rings. The summed E-state index contributed by atoms with van der Waals surface area (Å²) in [6.07, 6.45) is -1.98. The molecule has 1 aliphatic heterocycles. The van der Waals surface area contributed by atoms with Crippen molar-refractivity contribution < 1.29 is 27.0 Å². The van der Waals surface area contributed by atoms with Crippen LogP contribution in [0, 0.1) is 6.92 Å². The third-order valence-corrected chi connectivity index (χ3v) is 9.30. The van der Waals surface area contributed by atoms with Crippen LogP contribution in [-0.2, 0) is 22.7 Å². The van der Waals surface area contributed by atoms with Gasteiger partial charge in [0.05, 0.1) is 26.9 Å². The Labute approximate surface area is 222 Å². The average Bonchev–Trinajstić information content (AvgIpc) is 3.15. The van der Waals surface area contributed by atoms with E-state index in [1.165, 1.54) is 36.7 Å². The third-order valence-electron chi connectivity index (χ3n) is 6.71. The molecule has 12 heteroatoms. The molecule has 0 aliphatic carbocycles. The number of benzene rings is 1. The van der Waals surface area contributed by atoms with Gasteiger partial charge in [0.1, 0.15) is 11.3 Å². The Bertz CT molecular complexity index is 1540. The molecule has 4 rings (SSSR count). The number of hydrogen-bond acceptors (Lipinski definition) is 4. The summed E-state index contributed by atoms with van der Waals surface area (Å²) >= 11 is 12.9. The first-order chi connectivity index (χ1) is 17.1. The zero-order chi connectivity index (χ0) is 27.4. The van der Waals surface area contributed by atoms with Gasteiger partial charge >= 0.3 is 6.18 Å². The van der Waals surface area contributed by atoms with Crippen LogP contribution in [0.3, 0.4) is 0 Å². The number of likely N-dealkylation sites (tertiary alicyclic amines) is 1. The van der Waals surface area contributed by atoms with Crippen LogP contribution in [0.4, 0.5) is 13.2 Å². The van der Waals surface area contributed by atoms with Crippen molar-refractivity contribution in [1.29, 1.82) is 0 Å². The van der Waals surface area contributed by atoms with Crippen LogP contribution in [-0.4, -0.2) is 60.8 Å². The van der Waals surface area contributed by atoms with Crippen LogP contribution in [0.15, 0.2) is 24.3 Å². The first kappa shape index (κ1) is 27.5. The lowest BCUT2D eigenvalue weighted by atomic mass is 10.0. The summed E-state index contributed by atoms with van der Waals surface area (Å²) in [5.74, 6) is 2.69. The summed E-state index contributed by atoms with van der Waals surface area (Å²) in [5, 5.41) is 0.140. The highest BCUT2D eigenvalue weighted by Crippen LogP contribution is 2.35. The van der Waals surface area contributed by atoms with Gasteiger partial charge in [-0.05, 0) is 65.0 Å². The van der Waals surface area contributed by atoms with Crippen molar-refractivity contribution in [1.82, 2.24) is 14.5 Å². The zero-order valence-electron chi connectivity index (χ0n) is 20.3. The van der Waals surface area contributed by atoms with Gasteiger partial charge < -0.3 is 9.47 Å². The van der Waals surface area contributed by atoms with E-state index in [4.69, 9.17) is 23.2 Å². The lowest BCUT2D eigenvalue weighted by molar-refractivity contribution is -0.141. The highest BCUT2D eigenvalue weighted by atomic mass is 35.5. The lowest BCUT2D eigenvalue weighted by Gasteiger charge is -2.33. The number of piperidine rings is 1. The second kappa shape index (κ2) is 9.63. The normalized spacial score (nSPS) is 16.7. The molecule has 0 bridgehead atoms. The molecule has 0 saturated carbocycles. The van der Waals surface area contributed by atoms with Crippen molar-refractivity contribution in [3.8, 4) is 0 Å². The second-order valence-electron chi connectivity index (χ2n) is 9.32. The van der Waals surface area contributed by atoms with E-state index in [0.717, 1.165) is 6.07 Å². The van der Waals surface area contributed by atoms with E-state index in [9.17, 15) is 27.0 Å². The van der Waals surface area contributed by atoms with Crippen molar-refractivity contribution >= 4 is 61.3 Å². The fourth-order valence-electron chi connectivity index (χ4n) is 4.59. The summed E-state index contributed by atoms with van der Waals surface area (Å²) in [5.41, 5.74) is -0.814. The van der Waals surface area contributed by atoms with Gasteiger partial charge in [-0.3, -0.25) is 13.8 Å². The third kappa shape index (κ3) is 5.11. The number of rotatable bonds is 4. The molecular weight excluding hydrogens is 550 g/mol. The molecule has 0 spiro atoms. The summed E-state index contributed by atoms with van der Waals surface area (Å²) in [4.78, 5) is 32.1. The van der Waals surface area contributed by atoms with Crippen molar-refractivity contribution in [2.45, 2.75) is 31.2 Å². The van der Waals surface area contributed by atoms with Gasteiger partial charge in [-0.15, -0.1) is 0 Å². The maximum atomic E-state index is 13.6. The highest BCUT2D eigenvalue weighted by Gasteiger charge is 2.34. The van der Waals surface area contributed by atoms with Crippen LogP contribution in [0.1, 0.15) is 50.5 Å². The standard InChI is InChI=1S/C25H24Cl2F3N3O3S/c1-13-11-19(25(28,29)30)31-23-16(13)12-18(32(23)2)22(34)20-17(26)6-5-15(21(20)27)24(35)33-9-7-14(8-10-33)37(3,4)36/h5-6,11-12,14H,3,7-10H2,1-2,4H3. The highest BCUT2D eigenvalue weighted by molar-refractivity contribution is 8.00. The fourth-order valence-corrected chi connectivity index (χ4v) is 6.42. The summed E-state index contributed by atoms with van der Waals surface area (Å²) in [6.45, 7) is 2.23. The fraction of sp³-hybridized carbons (Fsp3) is 0.360. The number of nitrogens with zero attached hydrogens (tertiary/aromatic N) is 3. The predicted octanol–water partition coefficient (Wildman–Crippen LogP) is 5.39. The van der Waals surface area contributed by atoms with Crippen LogP contribution < -0.4 is 0 Å². The number of alkyl halides is 3. The van der Waals surface area contributed by atoms with Gasteiger partial charge in [0.2, 0.25) is 5.78 Å². The number of carbonyl (C=O) groups is 2. The van der Waals surface area contributed by atoms with Gasteiger partial charge in [-0.1, -0.05) is 23.2 Å². The number of hydrogen-bond donors (Lipinski definition) is 0. The Morgan fingerprint density at radius 1 is 1.16 bits per heavy atom. The minimum absolute atomic E-state index is 0.000968. The van der Waals surface area contributed by atoms with Crippen LogP contribution in [0.25, 0.3) is 11.0 Å². The Morgan fingerprint density at radius 2 is 1.78 bits per heavy atom. The predicted molar refractivity (Wildman–Crippen MR) is 140 cm³/mol. The SMILES string of the molecule is C=S(C)(=O)C1CCN(C(=O)c2ccc(Cl)c(C(=O)c3cc4c(C)cc(C(F)(F)F)nc4n3C)c2Cl)CC1. The Hall–Kier alpha value is -2.56. The molecule has 1 aliphatic rings. The molecule has 1 amide bonds. The van der Waals surface area contributed by atoms with Gasteiger partial charge in [0.25, 0.3) is 5.91 Å². The second-order valence-corrected chi connectivity index (χ2v) is 12.9. The average molecular weight is 574 g/mol. The Morgan fingerprint density at radius 3 is 2.35 bits per heavy atom. The van der Waals surface area contributed by atoms with E-state index < -0.39 is 33.1 Å². The monoisotopic (exact) mass is 573 g/mol. The van der Waals surface area contributed by atoms with E-state index in [-0.39, 0.29) is 37.8 Å². The maximum absolute atomic E-state index is 13.6. The van der Waals surface area contributed by atoms with Gasteiger partial charge in [0.15, 0.2) is 0 Å². The number of aryl methyl sites for hydroxylation is 2. The molecule has 2 aromatic heterocycles. The molecule has 3 heterocycles. The van der Waals surface area contributed by atoms with Crippen LogP contribution >= 0.6 is 23.2 Å². The van der Waals surface area contributed by atoms with E-state index in [2.05, 4.69) is 10.9 Å². The molecule has 0 radical (unpaired) electrons. The van der Waals surface area contributed by atoms with Crippen LogP contribution in [0.5, 0.6) is 0 Å². The molecule has 1 saturated heterocycles. The smallest absolute Gasteiger partial charge is 0.339 e. The Kier molecular flexibility index (Phi) is 7.15. The Balaban J connectivity index is 1.71. The van der Waals surface area contributed by atoms with Crippen molar-refractivity contribution in [2.24, 2.45) is 7.05 Å². The van der Waals surface area contributed by atoms with E-state index in [1.807, 2.05) is 0 Å². The van der Waals surface area contributed by atoms with Crippen molar-refractivity contribution in [2.75, 3.05) is 19.3 Å². The number of ketones is 1. The molecule has 198 valence electrons. The van der Waals surface area contributed by atoms with E-state index >= 15 is 0 Å². The van der Waals surface area contributed by atoms with Gasteiger partial charge in [-0.2, -0.15) is 13.2 Å². The summed E-state index contributed by atoms with van der Waals surface area (Å²) < 4.78 is 53.4. The first-order valence-electron chi connectivity index (χ1n) is 11.3. The molecule has 1 unspecified atom stereocenters. The minimum Gasteiger partial charge on any atom is -0.339 e. The topological polar surface area (TPSA) is 72.3 Å². The zero-order valence-corrected chi connectivity index (χ0v) is 22.6. The lowest BCUT2D eigenvalue weighted by Crippen LogP contribution is -2.42. The largest absolute Gasteiger partial charge is 0.433 e. The molecule has 37 heavy (non-hydrogen) atoms. The number of fused-ring (bicyclic) bond motifs is 1. The number of halogens is 5. The number of aromatic nitrogens is 2. The van der Waals surface area contributed by atoms with E-state index in [0.29, 0.717) is 36.9 Å². The minimum atomic E-state index is -4.65. The molecule has 1 atom stereocenters. The molecule has 0 N–H and O–H groups in total. The molecule has 3 aromatic rings. The number of amides is 1. The maximum Gasteiger partial charge on any atom is 0.433 e. The van der Waals surface area contributed by atoms with E-state index in [1.54, 1.807) is 11.2 Å². The van der Waals surface area contributed by atoms with Crippen molar-refractivity contribution in [3.05, 3.63) is 62.4 Å². The number of pyridine rings is 1. The quantitative estimate of drug-likeness (QED) is 0.310. The van der Waals surface area contributed by atoms with Gasteiger partial charge in [-0.25, -0.2) is 4.98 Å². The summed E-state index contributed by atoms with van der Waals surface area (Å²) in [7, 11) is -0.799. The van der Waals surface area contributed by atoms with Crippen molar-refractivity contribution in [3.63, 3.8) is 0 Å². The molecular formula is C25H24Cl2F3N3O3S. The first-order valence-corrected chi connectivity index (χ1v) is 14.2. The molecule has 1 aromatic carbocycles.